The van der Waals surface area contributed by atoms with Crippen LogP contribution >= 0.6 is 11.6 Å². The number of anilines is 1. The number of piperazine rings is 1. The van der Waals surface area contributed by atoms with Gasteiger partial charge in [0.15, 0.2) is 0 Å². The summed E-state index contributed by atoms with van der Waals surface area (Å²) >= 11 is 5.81. The highest BCUT2D eigenvalue weighted by Gasteiger charge is 2.18. The molecule has 2 heterocycles. The highest BCUT2D eigenvalue weighted by molar-refractivity contribution is 6.30. The van der Waals surface area contributed by atoms with Crippen LogP contribution in [0.1, 0.15) is 5.56 Å². The fraction of sp³-hybridized carbons (Fsp3) is 0.333. The van der Waals surface area contributed by atoms with Crippen LogP contribution < -0.4 is 10.5 Å². The number of aromatic amines is 1. The van der Waals surface area contributed by atoms with Crippen LogP contribution in [0.2, 0.25) is 5.02 Å². The number of benzene rings is 1. The number of aromatic nitrogens is 2. The van der Waals surface area contributed by atoms with Crippen molar-refractivity contribution in [2.45, 2.75) is 6.54 Å². The van der Waals surface area contributed by atoms with E-state index in [-0.39, 0.29) is 10.6 Å². The quantitative estimate of drug-likeness (QED) is 0.937. The molecule has 22 heavy (non-hydrogen) atoms. The Kier molecular flexibility index (Phi) is 4.40. The van der Waals surface area contributed by atoms with Crippen molar-refractivity contribution in [3.63, 3.8) is 0 Å². The van der Waals surface area contributed by atoms with Gasteiger partial charge in [0.25, 0.3) is 5.56 Å². The van der Waals surface area contributed by atoms with Gasteiger partial charge >= 0.3 is 0 Å². The van der Waals surface area contributed by atoms with E-state index < -0.39 is 5.82 Å². The number of rotatable bonds is 3. The molecule has 0 atom stereocenters. The maximum absolute atomic E-state index is 13.2. The molecule has 0 saturated carbocycles. The first-order valence-corrected chi connectivity index (χ1v) is 7.45. The lowest BCUT2D eigenvalue weighted by Gasteiger charge is -2.35. The maximum Gasteiger partial charge on any atom is 0.252 e. The number of nitrogens with one attached hydrogen (secondary N) is 1. The third-order valence-electron chi connectivity index (χ3n) is 3.75. The monoisotopic (exact) mass is 322 g/mol. The molecule has 2 aromatic rings. The van der Waals surface area contributed by atoms with Gasteiger partial charge in [-0.15, -0.1) is 0 Å². The highest BCUT2D eigenvalue weighted by Crippen LogP contribution is 2.18. The van der Waals surface area contributed by atoms with Crippen LogP contribution in [0.25, 0.3) is 0 Å². The highest BCUT2D eigenvalue weighted by atomic mass is 35.5. The zero-order valence-electron chi connectivity index (χ0n) is 11.9. The van der Waals surface area contributed by atoms with Gasteiger partial charge in [0.1, 0.15) is 11.6 Å². The fourth-order valence-corrected chi connectivity index (χ4v) is 2.77. The third-order valence-corrected chi connectivity index (χ3v) is 4.04. The van der Waals surface area contributed by atoms with Crippen LogP contribution in [-0.4, -0.2) is 41.0 Å². The molecule has 0 spiro atoms. The molecule has 1 aliphatic heterocycles. The fourth-order valence-electron chi connectivity index (χ4n) is 2.56. The molecule has 1 fully saturated rings. The lowest BCUT2D eigenvalue weighted by molar-refractivity contribution is 0.249. The van der Waals surface area contributed by atoms with Gasteiger partial charge in [-0.3, -0.25) is 9.69 Å². The van der Waals surface area contributed by atoms with Gasteiger partial charge in [0.2, 0.25) is 0 Å². The second-order valence-corrected chi connectivity index (χ2v) is 5.69. The minimum absolute atomic E-state index is 0.145. The first-order chi connectivity index (χ1) is 10.6. The Morgan fingerprint density at radius 2 is 2.00 bits per heavy atom. The van der Waals surface area contributed by atoms with Crippen molar-refractivity contribution in [2.75, 3.05) is 31.1 Å². The summed E-state index contributed by atoms with van der Waals surface area (Å²) in [4.78, 5) is 22.4. The molecule has 0 bridgehead atoms. The van der Waals surface area contributed by atoms with Crippen molar-refractivity contribution in [1.29, 1.82) is 0 Å². The van der Waals surface area contributed by atoms with Crippen molar-refractivity contribution >= 4 is 17.4 Å². The average Bonchev–Trinajstić information content (AvgIpc) is 2.52. The van der Waals surface area contributed by atoms with E-state index in [1.807, 2.05) is 0 Å². The molecule has 0 unspecified atom stereocenters. The number of halogens is 2. The third kappa shape index (κ3) is 3.45. The predicted octanol–water partition coefficient (Wildman–Crippen LogP) is 1.88. The topological polar surface area (TPSA) is 52.2 Å². The first kappa shape index (κ1) is 15.0. The standard InChI is InChI=1S/C15H16ClFN4O/c16-12-7-11(1-2-13(12)17)9-20-3-5-21(6-4-20)14-8-15(22)19-10-18-14/h1-2,7-8,10H,3-6,9H2,(H,18,19,22). The number of nitrogens with zero attached hydrogens (tertiary/aromatic N) is 3. The van der Waals surface area contributed by atoms with Crippen LogP contribution in [-0.2, 0) is 6.54 Å². The second kappa shape index (κ2) is 6.46. The van der Waals surface area contributed by atoms with E-state index >= 15 is 0 Å². The summed E-state index contributed by atoms with van der Waals surface area (Å²) in [7, 11) is 0. The second-order valence-electron chi connectivity index (χ2n) is 5.28. The average molecular weight is 323 g/mol. The van der Waals surface area contributed by atoms with E-state index in [1.165, 1.54) is 18.5 Å². The van der Waals surface area contributed by atoms with Crippen molar-refractivity contribution in [3.8, 4) is 0 Å². The molecule has 1 aliphatic rings. The van der Waals surface area contributed by atoms with Crippen molar-refractivity contribution in [1.82, 2.24) is 14.9 Å². The van der Waals surface area contributed by atoms with Gasteiger partial charge in [-0.1, -0.05) is 17.7 Å². The molecule has 5 nitrogen and oxygen atoms in total. The molecule has 116 valence electrons. The Morgan fingerprint density at radius 1 is 1.23 bits per heavy atom. The summed E-state index contributed by atoms with van der Waals surface area (Å²) in [5.41, 5.74) is 0.850. The molecule has 7 heteroatoms. The smallest absolute Gasteiger partial charge is 0.252 e. The zero-order valence-corrected chi connectivity index (χ0v) is 12.7. The summed E-state index contributed by atoms with van der Waals surface area (Å²) in [6, 6.07) is 6.33. The Labute approximate surface area is 132 Å². The SMILES string of the molecule is O=c1cc(N2CCN(Cc3ccc(F)c(Cl)c3)CC2)nc[nH]1. The molecule has 3 rings (SSSR count). The van der Waals surface area contributed by atoms with E-state index in [2.05, 4.69) is 19.8 Å². The van der Waals surface area contributed by atoms with Gasteiger partial charge < -0.3 is 9.88 Å². The van der Waals surface area contributed by atoms with Gasteiger partial charge in [-0.25, -0.2) is 9.37 Å². The summed E-state index contributed by atoms with van der Waals surface area (Å²) in [6.07, 6.45) is 1.42. The van der Waals surface area contributed by atoms with Gasteiger partial charge in [0.05, 0.1) is 11.3 Å². The van der Waals surface area contributed by atoms with E-state index in [0.29, 0.717) is 5.82 Å². The van der Waals surface area contributed by atoms with Crippen molar-refractivity contribution in [2.24, 2.45) is 0 Å². The summed E-state index contributed by atoms with van der Waals surface area (Å²) in [6.45, 7) is 4.03. The molecule has 0 amide bonds. The lowest BCUT2D eigenvalue weighted by Crippen LogP contribution is -2.46. The van der Waals surface area contributed by atoms with Gasteiger partial charge in [-0.05, 0) is 17.7 Å². The molecule has 0 radical (unpaired) electrons. The summed E-state index contributed by atoms with van der Waals surface area (Å²) < 4.78 is 13.2. The van der Waals surface area contributed by atoms with Crippen LogP contribution in [0, 0.1) is 5.82 Å². The van der Waals surface area contributed by atoms with E-state index in [0.717, 1.165) is 38.3 Å². The summed E-state index contributed by atoms with van der Waals surface area (Å²) in [5.74, 6) is 0.309. The van der Waals surface area contributed by atoms with E-state index in [9.17, 15) is 9.18 Å². The number of H-pyrrole nitrogens is 1. The first-order valence-electron chi connectivity index (χ1n) is 7.08. The van der Waals surface area contributed by atoms with Crippen molar-refractivity contribution < 1.29 is 4.39 Å². The number of hydrogen-bond acceptors (Lipinski definition) is 4. The van der Waals surface area contributed by atoms with Crippen molar-refractivity contribution in [3.05, 3.63) is 57.3 Å². The van der Waals surface area contributed by atoms with E-state index in [1.54, 1.807) is 12.1 Å². The lowest BCUT2D eigenvalue weighted by atomic mass is 10.2. The Hall–Kier alpha value is -1.92. The zero-order chi connectivity index (χ0) is 15.5. The minimum Gasteiger partial charge on any atom is -0.354 e. The van der Waals surface area contributed by atoms with Gasteiger partial charge in [-0.2, -0.15) is 0 Å². The summed E-state index contributed by atoms with van der Waals surface area (Å²) in [5, 5.41) is 0.156. The molecule has 1 aromatic heterocycles. The maximum atomic E-state index is 13.2. The molecule has 0 aliphatic carbocycles. The van der Waals surface area contributed by atoms with Crippen LogP contribution in [0.5, 0.6) is 0 Å². The Bertz CT molecular complexity index is 713. The largest absolute Gasteiger partial charge is 0.354 e. The predicted molar refractivity (Wildman–Crippen MR) is 83.8 cm³/mol. The van der Waals surface area contributed by atoms with Crippen LogP contribution in [0.15, 0.2) is 35.4 Å². The van der Waals surface area contributed by atoms with Crippen LogP contribution in [0.4, 0.5) is 10.2 Å². The Morgan fingerprint density at radius 3 is 2.68 bits per heavy atom. The molecular formula is C15H16ClFN4O. The normalized spacial score (nSPS) is 16.0. The minimum atomic E-state index is -0.393. The van der Waals surface area contributed by atoms with Gasteiger partial charge in [0, 0.05) is 38.8 Å². The molecule has 1 N–H and O–H groups in total. The Balaban J connectivity index is 1.59. The molecular weight excluding hydrogens is 307 g/mol. The number of hydrogen-bond donors (Lipinski definition) is 1. The van der Waals surface area contributed by atoms with E-state index in [4.69, 9.17) is 11.6 Å². The molecule has 1 aromatic carbocycles. The molecule has 1 saturated heterocycles. The van der Waals surface area contributed by atoms with Crippen LogP contribution in [0.3, 0.4) is 0 Å².